The highest BCUT2D eigenvalue weighted by Crippen LogP contribution is 2.31. The fourth-order valence-corrected chi connectivity index (χ4v) is 4.09. The standard InChI is InChI=1S/C31H37NO4/c1-6-32(4)19-8-20-35-28-15-11-26(12-16-28)31(27-13-17-29(18-14-27)36-24(3)33)23(2)21-25-9-7-10-30(22-25)34-5/h7,9-18,22H,6,8,19-21H2,1-5H3/b31-23-. The minimum atomic E-state index is -0.329. The lowest BCUT2D eigenvalue weighted by Crippen LogP contribution is -2.20. The van der Waals surface area contributed by atoms with Gasteiger partial charge in [-0.1, -0.05) is 48.9 Å². The van der Waals surface area contributed by atoms with E-state index in [0.29, 0.717) is 12.4 Å². The smallest absolute Gasteiger partial charge is 0.308 e. The first kappa shape index (κ1) is 27.0. The molecule has 0 bridgehead atoms. The summed E-state index contributed by atoms with van der Waals surface area (Å²) in [5.74, 6) is 1.92. The lowest BCUT2D eigenvalue weighted by Gasteiger charge is -2.16. The summed E-state index contributed by atoms with van der Waals surface area (Å²) in [6.45, 7) is 8.48. The topological polar surface area (TPSA) is 48.0 Å². The lowest BCUT2D eigenvalue weighted by molar-refractivity contribution is -0.131. The molecule has 190 valence electrons. The molecule has 0 saturated carbocycles. The minimum absolute atomic E-state index is 0.329. The van der Waals surface area contributed by atoms with Gasteiger partial charge in [-0.2, -0.15) is 0 Å². The summed E-state index contributed by atoms with van der Waals surface area (Å²) >= 11 is 0. The third-order valence-electron chi connectivity index (χ3n) is 6.07. The summed E-state index contributed by atoms with van der Waals surface area (Å²) in [6.07, 6.45) is 1.77. The molecule has 0 atom stereocenters. The molecule has 0 aliphatic carbocycles. The second kappa shape index (κ2) is 13.5. The van der Waals surface area contributed by atoms with Gasteiger partial charge >= 0.3 is 5.97 Å². The van der Waals surface area contributed by atoms with Crippen molar-refractivity contribution in [2.45, 2.75) is 33.6 Å². The van der Waals surface area contributed by atoms with E-state index >= 15 is 0 Å². The summed E-state index contributed by atoms with van der Waals surface area (Å²) < 4.78 is 16.6. The molecule has 5 nitrogen and oxygen atoms in total. The second-order valence-electron chi connectivity index (χ2n) is 8.92. The first-order valence-electron chi connectivity index (χ1n) is 12.4. The van der Waals surface area contributed by atoms with Crippen molar-refractivity contribution in [3.05, 3.63) is 95.1 Å². The average Bonchev–Trinajstić information content (AvgIpc) is 2.88. The van der Waals surface area contributed by atoms with Crippen molar-refractivity contribution in [3.63, 3.8) is 0 Å². The summed E-state index contributed by atoms with van der Waals surface area (Å²) in [5.41, 5.74) is 5.71. The first-order chi connectivity index (χ1) is 17.4. The van der Waals surface area contributed by atoms with E-state index in [1.165, 1.54) is 18.1 Å². The van der Waals surface area contributed by atoms with Gasteiger partial charge in [-0.05, 0) is 92.0 Å². The van der Waals surface area contributed by atoms with Gasteiger partial charge < -0.3 is 19.1 Å². The molecule has 3 aromatic rings. The van der Waals surface area contributed by atoms with Crippen LogP contribution in [0.1, 0.15) is 43.9 Å². The van der Waals surface area contributed by atoms with Crippen LogP contribution in [0.4, 0.5) is 0 Å². The quantitative estimate of drug-likeness (QED) is 0.168. The van der Waals surface area contributed by atoms with E-state index < -0.39 is 0 Å². The molecule has 0 N–H and O–H groups in total. The molecule has 0 saturated heterocycles. The van der Waals surface area contributed by atoms with Gasteiger partial charge in [0, 0.05) is 13.5 Å². The Hall–Kier alpha value is -3.57. The Morgan fingerprint density at radius 3 is 2.08 bits per heavy atom. The van der Waals surface area contributed by atoms with Gasteiger partial charge in [0.15, 0.2) is 0 Å². The summed E-state index contributed by atoms with van der Waals surface area (Å²) in [6, 6.07) is 24.1. The summed E-state index contributed by atoms with van der Waals surface area (Å²) in [7, 11) is 3.80. The number of allylic oxidation sites excluding steroid dienone is 1. The van der Waals surface area contributed by atoms with Gasteiger partial charge in [0.25, 0.3) is 0 Å². The Labute approximate surface area is 215 Å². The Balaban J connectivity index is 1.87. The number of carbonyl (C=O) groups is 1. The fraction of sp³-hybridized carbons (Fsp3) is 0.323. The molecular formula is C31H37NO4. The number of methoxy groups -OCH3 is 1. The molecule has 0 fully saturated rings. The molecule has 3 aromatic carbocycles. The highest BCUT2D eigenvalue weighted by Gasteiger charge is 2.12. The van der Waals surface area contributed by atoms with Crippen LogP contribution in [-0.4, -0.2) is 44.7 Å². The van der Waals surface area contributed by atoms with E-state index in [-0.39, 0.29) is 5.97 Å². The molecule has 0 heterocycles. The minimum Gasteiger partial charge on any atom is -0.497 e. The van der Waals surface area contributed by atoms with Crippen LogP contribution in [0.25, 0.3) is 5.57 Å². The van der Waals surface area contributed by atoms with Crippen molar-refractivity contribution < 1.29 is 19.0 Å². The number of hydrogen-bond acceptors (Lipinski definition) is 5. The summed E-state index contributed by atoms with van der Waals surface area (Å²) in [5, 5.41) is 0. The Morgan fingerprint density at radius 1 is 0.861 bits per heavy atom. The second-order valence-corrected chi connectivity index (χ2v) is 8.92. The zero-order valence-corrected chi connectivity index (χ0v) is 22.0. The van der Waals surface area contributed by atoms with E-state index in [4.69, 9.17) is 14.2 Å². The summed E-state index contributed by atoms with van der Waals surface area (Å²) in [4.78, 5) is 13.6. The number of carbonyl (C=O) groups excluding carboxylic acids is 1. The first-order valence-corrected chi connectivity index (χ1v) is 12.4. The Kier molecular flexibility index (Phi) is 10.1. The van der Waals surface area contributed by atoms with Gasteiger partial charge in [-0.15, -0.1) is 0 Å². The van der Waals surface area contributed by atoms with Crippen molar-refractivity contribution in [2.75, 3.05) is 33.9 Å². The van der Waals surface area contributed by atoms with Gasteiger partial charge in [0.1, 0.15) is 17.2 Å². The number of rotatable bonds is 12. The van der Waals surface area contributed by atoms with Crippen LogP contribution in [0, 0.1) is 0 Å². The lowest BCUT2D eigenvalue weighted by atomic mass is 9.90. The molecule has 0 amide bonds. The number of ether oxygens (including phenoxy) is 3. The molecule has 0 spiro atoms. The Morgan fingerprint density at radius 2 is 1.50 bits per heavy atom. The van der Waals surface area contributed by atoms with Gasteiger partial charge in [0.2, 0.25) is 0 Å². The predicted molar refractivity (Wildman–Crippen MR) is 146 cm³/mol. The third-order valence-corrected chi connectivity index (χ3v) is 6.07. The molecule has 0 aliphatic heterocycles. The molecule has 0 unspecified atom stereocenters. The van der Waals surface area contributed by atoms with Crippen LogP contribution < -0.4 is 14.2 Å². The maximum absolute atomic E-state index is 11.3. The van der Waals surface area contributed by atoms with Crippen molar-refractivity contribution in [1.82, 2.24) is 4.90 Å². The van der Waals surface area contributed by atoms with Gasteiger partial charge in [0.05, 0.1) is 13.7 Å². The molecule has 5 heteroatoms. The molecular weight excluding hydrogens is 450 g/mol. The maximum Gasteiger partial charge on any atom is 0.308 e. The van der Waals surface area contributed by atoms with Crippen LogP contribution in [-0.2, 0) is 11.2 Å². The molecule has 3 rings (SSSR count). The van der Waals surface area contributed by atoms with Gasteiger partial charge in [-0.3, -0.25) is 4.79 Å². The van der Waals surface area contributed by atoms with Crippen LogP contribution in [0.3, 0.4) is 0 Å². The molecule has 36 heavy (non-hydrogen) atoms. The predicted octanol–water partition coefficient (Wildman–Crippen LogP) is 6.41. The van der Waals surface area contributed by atoms with Crippen molar-refractivity contribution in [2.24, 2.45) is 0 Å². The van der Waals surface area contributed by atoms with Gasteiger partial charge in [-0.25, -0.2) is 0 Å². The SMILES string of the molecule is CCN(C)CCCOc1ccc(/C(=C(\C)Cc2cccc(OC)c2)c2ccc(OC(C)=O)cc2)cc1. The van der Waals surface area contributed by atoms with Crippen LogP contribution >= 0.6 is 0 Å². The zero-order valence-electron chi connectivity index (χ0n) is 22.0. The van der Waals surface area contributed by atoms with E-state index in [1.54, 1.807) is 7.11 Å². The normalized spacial score (nSPS) is 11.7. The van der Waals surface area contributed by atoms with Crippen LogP contribution in [0.5, 0.6) is 17.2 Å². The number of nitrogens with zero attached hydrogens (tertiary/aromatic N) is 1. The third kappa shape index (κ3) is 7.99. The molecule has 0 aliphatic rings. The van der Waals surface area contributed by atoms with Crippen LogP contribution in [0.15, 0.2) is 78.4 Å². The van der Waals surface area contributed by atoms with Crippen molar-refractivity contribution in [3.8, 4) is 17.2 Å². The highest BCUT2D eigenvalue weighted by molar-refractivity contribution is 5.82. The fourth-order valence-electron chi connectivity index (χ4n) is 4.09. The molecule has 0 aromatic heterocycles. The highest BCUT2D eigenvalue weighted by atomic mass is 16.5. The number of esters is 1. The average molecular weight is 488 g/mol. The maximum atomic E-state index is 11.3. The van der Waals surface area contributed by atoms with E-state index in [0.717, 1.165) is 54.1 Å². The van der Waals surface area contributed by atoms with E-state index in [1.807, 2.05) is 48.5 Å². The van der Waals surface area contributed by atoms with Crippen molar-refractivity contribution >= 4 is 11.5 Å². The van der Waals surface area contributed by atoms with Crippen molar-refractivity contribution in [1.29, 1.82) is 0 Å². The zero-order chi connectivity index (χ0) is 25.9. The molecule has 0 radical (unpaired) electrons. The van der Waals surface area contributed by atoms with E-state index in [2.05, 4.69) is 50.1 Å². The monoisotopic (exact) mass is 487 g/mol. The Bertz CT molecular complexity index is 1150. The van der Waals surface area contributed by atoms with E-state index in [9.17, 15) is 4.79 Å². The van der Waals surface area contributed by atoms with Crippen LogP contribution in [0.2, 0.25) is 0 Å². The largest absolute Gasteiger partial charge is 0.497 e. The number of benzene rings is 3. The number of hydrogen-bond donors (Lipinski definition) is 0.